The van der Waals surface area contributed by atoms with E-state index in [1.54, 1.807) is 17.0 Å². The monoisotopic (exact) mass is 352 g/mol. The van der Waals surface area contributed by atoms with Gasteiger partial charge in [-0.3, -0.25) is 9.59 Å². The highest BCUT2D eigenvalue weighted by molar-refractivity contribution is 5.97. The summed E-state index contributed by atoms with van der Waals surface area (Å²) in [4.78, 5) is 27.6. The van der Waals surface area contributed by atoms with Crippen molar-refractivity contribution >= 4 is 17.5 Å². The fourth-order valence-corrected chi connectivity index (χ4v) is 3.30. The van der Waals surface area contributed by atoms with Crippen LogP contribution < -0.4 is 15.1 Å². The van der Waals surface area contributed by atoms with Gasteiger partial charge in [0.1, 0.15) is 12.6 Å². The van der Waals surface area contributed by atoms with Gasteiger partial charge >= 0.3 is 0 Å². The summed E-state index contributed by atoms with van der Waals surface area (Å²) in [6, 6.07) is 17.3. The summed E-state index contributed by atoms with van der Waals surface area (Å²) in [6.07, 6.45) is 1.50. The largest absolute Gasteiger partial charge is 0.340 e. The van der Waals surface area contributed by atoms with Crippen LogP contribution in [0, 0.1) is 0 Å². The number of hydrogen-bond donors (Lipinski definition) is 2. The third-order valence-corrected chi connectivity index (χ3v) is 4.63. The topological polar surface area (TPSA) is 53.9 Å². The van der Waals surface area contributed by atoms with Crippen molar-refractivity contribution in [3.8, 4) is 0 Å². The molecule has 0 spiro atoms. The van der Waals surface area contributed by atoms with Gasteiger partial charge in [0.15, 0.2) is 0 Å². The van der Waals surface area contributed by atoms with Gasteiger partial charge in [0.2, 0.25) is 5.91 Å². The number of amides is 2. The minimum Gasteiger partial charge on any atom is -0.340 e. The smallest absolute Gasteiger partial charge is 0.251 e. The Hall–Kier alpha value is -2.66. The Morgan fingerprint density at radius 2 is 1.81 bits per heavy atom. The summed E-state index contributed by atoms with van der Waals surface area (Å²) in [7, 11) is 4.15. The quantitative estimate of drug-likeness (QED) is 0.826. The highest BCUT2D eigenvalue weighted by Gasteiger charge is 2.22. The Morgan fingerprint density at radius 3 is 2.38 bits per heavy atom. The predicted octanol–water partition coefficient (Wildman–Crippen LogP) is 1.43. The SMILES string of the molecule is C[NH+](C)C[C@@H](NC(=O)c1ccc(N2CCCC2=O)cc1)c1ccccc1. The van der Waals surface area contributed by atoms with Crippen molar-refractivity contribution in [3.63, 3.8) is 0 Å². The summed E-state index contributed by atoms with van der Waals surface area (Å²) in [5.41, 5.74) is 2.57. The summed E-state index contributed by atoms with van der Waals surface area (Å²) in [5, 5.41) is 3.14. The molecule has 1 aliphatic rings. The number of rotatable bonds is 6. The van der Waals surface area contributed by atoms with Crippen molar-refractivity contribution in [1.29, 1.82) is 0 Å². The molecule has 5 nitrogen and oxygen atoms in total. The molecule has 2 aromatic rings. The molecule has 0 bridgehead atoms. The molecule has 0 saturated carbocycles. The first kappa shape index (κ1) is 18.1. The minimum atomic E-state index is -0.0978. The number of quaternary nitrogens is 1. The number of nitrogens with one attached hydrogen (secondary N) is 2. The lowest BCUT2D eigenvalue weighted by Gasteiger charge is -2.21. The van der Waals surface area contributed by atoms with E-state index in [9.17, 15) is 9.59 Å². The van der Waals surface area contributed by atoms with Crippen LogP contribution in [-0.2, 0) is 4.79 Å². The van der Waals surface area contributed by atoms with Gasteiger partial charge in [-0.05, 0) is 36.2 Å². The lowest BCUT2D eigenvalue weighted by molar-refractivity contribution is -0.860. The molecule has 1 heterocycles. The van der Waals surface area contributed by atoms with Gasteiger partial charge in [-0.1, -0.05) is 30.3 Å². The minimum absolute atomic E-state index is 0.0477. The molecule has 26 heavy (non-hydrogen) atoms. The van der Waals surface area contributed by atoms with E-state index < -0.39 is 0 Å². The number of nitrogens with zero attached hydrogens (tertiary/aromatic N) is 1. The lowest BCUT2D eigenvalue weighted by Crippen LogP contribution is -3.06. The first-order chi connectivity index (χ1) is 12.5. The van der Waals surface area contributed by atoms with Crippen LogP contribution >= 0.6 is 0 Å². The molecule has 3 rings (SSSR count). The second-order valence-electron chi connectivity index (χ2n) is 7.04. The molecule has 2 amide bonds. The molecule has 1 fully saturated rings. The van der Waals surface area contributed by atoms with Gasteiger partial charge in [0.05, 0.1) is 14.1 Å². The van der Waals surface area contributed by atoms with Crippen LogP contribution in [0.5, 0.6) is 0 Å². The third kappa shape index (κ3) is 4.29. The molecule has 0 aliphatic carbocycles. The number of carbonyl (C=O) groups is 2. The van der Waals surface area contributed by atoms with Gasteiger partial charge in [-0.15, -0.1) is 0 Å². The molecule has 5 heteroatoms. The van der Waals surface area contributed by atoms with Gasteiger partial charge in [-0.25, -0.2) is 0 Å². The number of hydrogen-bond acceptors (Lipinski definition) is 2. The summed E-state index contributed by atoms with van der Waals surface area (Å²) >= 11 is 0. The van der Waals surface area contributed by atoms with E-state index in [1.165, 1.54) is 4.90 Å². The maximum Gasteiger partial charge on any atom is 0.251 e. The zero-order valence-electron chi connectivity index (χ0n) is 15.4. The van der Waals surface area contributed by atoms with Crippen LogP contribution in [0.1, 0.15) is 34.8 Å². The number of anilines is 1. The maximum absolute atomic E-state index is 12.7. The van der Waals surface area contributed by atoms with Crippen LogP contribution in [0.2, 0.25) is 0 Å². The Bertz CT molecular complexity index is 757. The van der Waals surface area contributed by atoms with E-state index in [-0.39, 0.29) is 17.9 Å². The zero-order chi connectivity index (χ0) is 18.5. The van der Waals surface area contributed by atoms with Crippen molar-refractivity contribution in [3.05, 3.63) is 65.7 Å². The molecule has 0 aromatic heterocycles. The van der Waals surface area contributed by atoms with Crippen molar-refractivity contribution in [2.45, 2.75) is 18.9 Å². The number of carbonyl (C=O) groups excluding carboxylic acids is 2. The van der Waals surface area contributed by atoms with Crippen molar-refractivity contribution in [2.75, 3.05) is 32.1 Å². The van der Waals surface area contributed by atoms with E-state index in [0.717, 1.165) is 30.8 Å². The van der Waals surface area contributed by atoms with E-state index >= 15 is 0 Å². The maximum atomic E-state index is 12.7. The molecule has 0 radical (unpaired) electrons. The number of benzene rings is 2. The standard InChI is InChI=1S/C21H25N3O2/c1-23(2)15-19(16-7-4-3-5-8-16)22-21(26)17-10-12-18(13-11-17)24-14-6-9-20(24)25/h3-5,7-8,10-13,19H,6,9,14-15H2,1-2H3,(H,22,26)/p+1/t19-/m1/s1. The normalized spacial score (nSPS) is 15.3. The lowest BCUT2D eigenvalue weighted by atomic mass is 10.1. The number of likely N-dealkylation sites (N-methyl/N-ethyl adjacent to an activating group) is 1. The fraction of sp³-hybridized carbons (Fsp3) is 0.333. The predicted molar refractivity (Wildman–Crippen MR) is 102 cm³/mol. The molecule has 1 aliphatic heterocycles. The molecule has 0 unspecified atom stereocenters. The van der Waals surface area contributed by atoms with Gasteiger partial charge in [0, 0.05) is 24.2 Å². The van der Waals surface area contributed by atoms with Gasteiger partial charge in [-0.2, -0.15) is 0 Å². The average Bonchev–Trinajstić information content (AvgIpc) is 3.07. The van der Waals surface area contributed by atoms with Crippen LogP contribution in [0.4, 0.5) is 5.69 Å². The first-order valence-electron chi connectivity index (χ1n) is 9.10. The molecule has 136 valence electrons. The van der Waals surface area contributed by atoms with Crippen LogP contribution in [0.25, 0.3) is 0 Å². The van der Waals surface area contributed by atoms with E-state index in [0.29, 0.717) is 12.0 Å². The second kappa shape index (κ2) is 8.15. The van der Waals surface area contributed by atoms with Crippen molar-refractivity contribution < 1.29 is 14.5 Å². The summed E-state index contributed by atoms with van der Waals surface area (Å²) < 4.78 is 0. The van der Waals surface area contributed by atoms with Gasteiger partial charge < -0.3 is 15.1 Å². The molecular formula is C21H26N3O2+. The molecule has 1 saturated heterocycles. The summed E-state index contributed by atoms with van der Waals surface area (Å²) in [5.74, 6) is 0.0553. The highest BCUT2D eigenvalue weighted by Crippen LogP contribution is 2.22. The fourth-order valence-electron chi connectivity index (χ4n) is 3.30. The Morgan fingerprint density at radius 1 is 1.12 bits per heavy atom. The van der Waals surface area contributed by atoms with E-state index in [2.05, 4.69) is 19.4 Å². The zero-order valence-corrected chi connectivity index (χ0v) is 15.4. The second-order valence-corrected chi connectivity index (χ2v) is 7.04. The van der Waals surface area contributed by atoms with Crippen molar-refractivity contribution in [2.24, 2.45) is 0 Å². The van der Waals surface area contributed by atoms with Gasteiger partial charge in [0.25, 0.3) is 5.91 Å². The van der Waals surface area contributed by atoms with E-state index in [1.807, 2.05) is 42.5 Å². The van der Waals surface area contributed by atoms with E-state index in [4.69, 9.17) is 0 Å². The average molecular weight is 352 g/mol. The Labute approximate surface area is 154 Å². The molecule has 2 aromatic carbocycles. The first-order valence-corrected chi connectivity index (χ1v) is 9.10. The highest BCUT2D eigenvalue weighted by atomic mass is 16.2. The van der Waals surface area contributed by atoms with Crippen LogP contribution in [-0.4, -0.2) is 39.0 Å². The molecular weight excluding hydrogens is 326 g/mol. The summed E-state index contributed by atoms with van der Waals surface area (Å²) in [6.45, 7) is 1.56. The Kier molecular flexibility index (Phi) is 5.68. The third-order valence-electron chi connectivity index (χ3n) is 4.63. The van der Waals surface area contributed by atoms with Crippen molar-refractivity contribution in [1.82, 2.24) is 5.32 Å². The molecule has 1 atom stereocenters. The van der Waals surface area contributed by atoms with Crippen LogP contribution in [0.15, 0.2) is 54.6 Å². The van der Waals surface area contributed by atoms with Crippen LogP contribution in [0.3, 0.4) is 0 Å². The molecule has 2 N–H and O–H groups in total. The Balaban J connectivity index is 1.72.